The first kappa shape index (κ1) is 18.4. The lowest BCUT2D eigenvalue weighted by Crippen LogP contribution is -2.04. The molecule has 0 aliphatic carbocycles. The minimum Gasteiger partial charge on any atom is -0.478 e. The van der Waals surface area contributed by atoms with E-state index >= 15 is 0 Å². The number of hydrogen-bond donors (Lipinski definition) is 3. The van der Waals surface area contributed by atoms with Crippen LogP contribution in [0.1, 0.15) is 15.9 Å². The van der Waals surface area contributed by atoms with Crippen molar-refractivity contribution in [3.05, 3.63) is 66.0 Å². The van der Waals surface area contributed by atoms with Crippen LogP contribution in [-0.2, 0) is 6.18 Å². The summed E-state index contributed by atoms with van der Waals surface area (Å²) in [5, 5.41) is 11.8. The number of nitrogens with one attached hydrogen (secondary N) is 2. The van der Waals surface area contributed by atoms with E-state index in [1.165, 1.54) is 36.7 Å². The van der Waals surface area contributed by atoms with Gasteiger partial charge in [-0.05, 0) is 24.3 Å². The SMILES string of the molecule is O=C(O)c1ccc(Nc2cc3nc(-c4cccc(C(F)(F)F)c4)[nH]c3cn2)nc1. The van der Waals surface area contributed by atoms with Crippen molar-refractivity contribution in [3.8, 4) is 11.4 Å². The van der Waals surface area contributed by atoms with Gasteiger partial charge in [0.15, 0.2) is 0 Å². The number of fused-ring (bicyclic) bond motifs is 1. The maximum Gasteiger partial charge on any atom is 0.416 e. The van der Waals surface area contributed by atoms with Gasteiger partial charge in [-0.15, -0.1) is 0 Å². The molecule has 10 heteroatoms. The monoisotopic (exact) mass is 399 g/mol. The number of benzene rings is 1. The van der Waals surface area contributed by atoms with Crippen LogP contribution in [0.15, 0.2) is 54.9 Å². The molecule has 4 aromatic rings. The maximum atomic E-state index is 12.9. The number of carboxylic acid groups (broad SMARTS) is 1. The van der Waals surface area contributed by atoms with Gasteiger partial charge in [0.05, 0.1) is 28.4 Å². The zero-order valence-corrected chi connectivity index (χ0v) is 14.5. The van der Waals surface area contributed by atoms with Crippen LogP contribution in [0.4, 0.5) is 24.8 Å². The Bertz CT molecular complexity index is 1200. The molecule has 0 saturated carbocycles. The number of pyridine rings is 2. The van der Waals surface area contributed by atoms with Gasteiger partial charge >= 0.3 is 12.1 Å². The number of rotatable bonds is 4. The van der Waals surface area contributed by atoms with Crippen LogP contribution in [0.5, 0.6) is 0 Å². The van der Waals surface area contributed by atoms with Gasteiger partial charge < -0.3 is 15.4 Å². The standard InChI is InChI=1S/C19H12F3N5O2/c20-19(21,22)12-3-1-2-10(6-12)17-25-13-7-16(24-9-14(13)26-17)27-15-5-4-11(8-23-15)18(28)29/h1-9H,(H,25,26)(H,28,29)(H,23,24,27). The average Bonchev–Trinajstić information content (AvgIpc) is 3.11. The lowest BCUT2D eigenvalue weighted by atomic mass is 10.1. The summed E-state index contributed by atoms with van der Waals surface area (Å²) >= 11 is 0. The Balaban J connectivity index is 1.62. The van der Waals surface area contributed by atoms with Crippen LogP contribution >= 0.6 is 0 Å². The fourth-order valence-corrected chi connectivity index (χ4v) is 2.68. The second kappa shape index (κ2) is 6.89. The Hall–Kier alpha value is -3.95. The van der Waals surface area contributed by atoms with Crippen molar-refractivity contribution in [1.29, 1.82) is 0 Å². The average molecular weight is 399 g/mol. The van der Waals surface area contributed by atoms with E-state index in [1.54, 1.807) is 6.07 Å². The number of aromatic amines is 1. The minimum absolute atomic E-state index is 0.0528. The van der Waals surface area contributed by atoms with E-state index in [9.17, 15) is 18.0 Å². The summed E-state index contributed by atoms with van der Waals surface area (Å²) in [5.41, 5.74) is 0.648. The highest BCUT2D eigenvalue weighted by atomic mass is 19.4. The van der Waals surface area contributed by atoms with Crippen molar-refractivity contribution >= 4 is 28.6 Å². The first-order valence-electron chi connectivity index (χ1n) is 8.29. The largest absolute Gasteiger partial charge is 0.478 e. The molecule has 7 nitrogen and oxygen atoms in total. The molecule has 0 unspecified atom stereocenters. The molecular weight excluding hydrogens is 387 g/mol. The molecule has 0 aliphatic rings. The molecule has 1 aromatic carbocycles. The molecule has 146 valence electrons. The fraction of sp³-hybridized carbons (Fsp3) is 0.0526. The van der Waals surface area contributed by atoms with Crippen molar-refractivity contribution in [2.45, 2.75) is 6.18 Å². The quantitative estimate of drug-likeness (QED) is 0.467. The highest BCUT2D eigenvalue weighted by Gasteiger charge is 2.30. The van der Waals surface area contributed by atoms with Crippen LogP contribution in [0.3, 0.4) is 0 Å². The maximum absolute atomic E-state index is 12.9. The first-order chi connectivity index (χ1) is 13.8. The van der Waals surface area contributed by atoms with E-state index in [0.29, 0.717) is 28.2 Å². The van der Waals surface area contributed by atoms with Crippen LogP contribution in [0.2, 0.25) is 0 Å². The number of H-pyrrole nitrogens is 1. The van der Waals surface area contributed by atoms with Gasteiger partial charge in [0.2, 0.25) is 0 Å². The van der Waals surface area contributed by atoms with Crippen LogP contribution in [0, 0.1) is 0 Å². The number of nitrogens with zero attached hydrogens (tertiary/aromatic N) is 3. The number of aromatic nitrogens is 4. The highest BCUT2D eigenvalue weighted by molar-refractivity contribution is 5.87. The van der Waals surface area contributed by atoms with Gasteiger partial charge in [-0.25, -0.2) is 19.7 Å². The lowest BCUT2D eigenvalue weighted by molar-refractivity contribution is -0.137. The zero-order chi connectivity index (χ0) is 20.6. The number of imidazole rings is 1. The van der Waals surface area contributed by atoms with E-state index in [-0.39, 0.29) is 11.4 Å². The Morgan fingerprint density at radius 3 is 2.52 bits per heavy atom. The molecule has 0 spiro atoms. The number of anilines is 2. The molecule has 29 heavy (non-hydrogen) atoms. The van der Waals surface area contributed by atoms with Crippen LogP contribution in [0.25, 0.3) is 22.4 Å². The number of carbonyl (C=O) groups is 1. The summed E-state index contributed by atoms with van der Waals surface area (Å²) in [4.78, 5) is 26.4. The van der Waals surface area contributed by atoms with Crippen molar-refractivity contribution in [2.75, 3.05) is 5.32 Å². The molecule has 0 saturated heterocycles. The minimum atomic E-state index is -4.44. The fourth-order valence-electron chi connectivity index (χ4n) is 2.68. The summed E-state index contributed by atoms with van der Waals surface area (Å²) in [6, 6.07) is 9.38. The highest BCUT2D eigenvalue weighted by Crippen LogP contribution is 2.32. The van der Waals surface area contributed by atoms with Crippen molar-refractivity contribution in [3.63, 3.8) is 0 Å². The van der Waals surface area contributed by atoms with Gasteiger partial charge in [0.25, 0.3) is 0 Å². The van der Waals surface area contributed by atoms with E-state index < -0.39 is 17.7 Å². The molecule has 3 heterocycles. The third kappa shape index (κ3) is 3.86. The van der Waals surface area contributed by atoms with E-state index in [0.717, 1.165) is 12.1 Å². The molecule has 3 aromatic heterocycles. The molecule has 0 aliphatic heterocycles. The molecule has 0 radical (unpaired) electrons. The predicted octanol–water partition coefficient (Wildman–Crippen LogP) is 4.48. The topological polar surface area (TPSA) is 104 Å². The molecule has 3 N–H and O–H groups in total. The first-order valence-corrected chi connectivity index (χ1v) is 8.29. The summed E-state index contributed by atoms with van der Waals surface area (Å²) < 4.78 is 38.8. The summed E-state index contributed by atoms with van der Waals surface area (Å²) in [5.74, 6) is -0.0121. The summed E-state index contributed by atoms with van der Waals surface area (Å²) in [6.45, 7) is 0. The van der Waals surface area contributed by atoms with Gasteiger partial charge in [0.1, 0.15) is 17.5 Å². The molecule has 4 rings (SSSR count). The third-order valence-corrected chi connectivity index (χ3v) is 4.10. The normalized spacial score (nSPS) is 11.6. The molecule has 0 atom stereocenters. The number of alkyl halides is 3. The predicted molar refractivity (Wildman–Crippen MR) is 98.8 cm³/mol. The molecule has 0 bridgehead atoms. The lowest BCUT2D eigenvalue weighted by Gasteiger charge is -2.07. The Kier molecular flexibility index (Phi) is 4.38. The summed E-state index contributed by atoms with van der Waals surface area (Å²) in [6.07, 6.45) is -1.74. The van der Waals surface area contributed by atoms with Gasteiger partial charge in [-0.1, -0.05) is 12.1 Å². The number of hydrogen-bond acceptors (Lipinski definition) is 5. The Morgan fingerprint density at radius 1 is 1.03 bits per heavy atom. The van der Waals surface area contributed by atoms with E-state index in [2.05, 4.69) is 25.3 Å². The molecular formula is C19H12F3N5O2. The Morgan fingerprint density at radius 2 is 1.83 bits per heavy atom. The van der Waals surface area contributed by atoms with Crippen LogP contribution in [-0.4, -0.2) is 31.0 Å². The van der Waals surface area contributed by atoms with Gasteiger partial charge in [0, 0.05) is 17.8 Å². The van der Waals surface area contributed by atoms with Gasteiger partial charge in [-0.3, -0.25) is 0 Å². The van der Waals surface area contributed by atoms with E-state index in [1.807, 2.05) is 0 Å². The van der Waals surface area contributed by atoms with Crippen molar-refractivity contribution in [2.24, 2.45) is 0 Å². The smallest absolute Gasteiger partial charge is 0.416 e. The summed E-state index contributed by atoms with van der Waals surface area (Å²) in [7, 11) is 0. The van der Waals surface area contributed by atoms with Crippen LogP contribution < -0.4 is 5.32 Å². The number of halogens is 3. The van der Waals surface area contributed by atoms with Crippen molar-refractivity contribution < 1.29 is 23.1 Å². The molecule has 0 fully saturated rings. The zero-order valence-electron chi connectivity index (χ0n) is 14.5. The third-order valence-electron chi connectivity index (χ3n) is 4.10. The van der Waals surface area contributed by atoms with Gasteiger partial charge in [-0.2, -0.15) is 13.2 Å². The second-order valence-electron chi connectivity index (χ2n) is 6.11. The number of aromatic carboxylic acids is 1. The second-order valence-corrected chi connectivity index (χ2v) is 6.11. The van der Waals surface area contributed by atoms with E-state index in [4.69, 9.17) is 5.11 Å². The molecule has 0 amide bonds. The number of carboxylic acids is 1. The van der Waals surface area contributed by atoms with Crippen molar-refractivity contribution in [1.82, 2.24) is 19.9 Å². The Labute approximate surface area is 161 Å².